The minimum absolute atomic E-state index is 0.678. The molecule has 0 atom stereocenters. The van der Waals surface area contributed by atoms with Crippen LogP contribution in [0.15, 0.2) is 0 Å². The molecule has 0 aliphatic heterocycles. The van der Waals surface area contributed by atoms with Gasteiger partial charge in [0, 0.05) is 5.75 Å². The van der Waals surface area contributed by atoms with Crippen molar-refractivity contribution >= 4 is 12.6 Å². The van der Waals surface area contributed by atoms with Gasteiger partial charge >= 0.3 is 0 Å². The molecule has 0 N–H and O–H groups in total. The van der Waals surface area contributed by atoms with Crippen molar-refractivity contribution in [2.45, 2.75) is 20.8 Å². The Bertz CT molecular complexity index is 41.4. The van der Waals surface area contributed by atoms with Crippen LogP contribution in [0.2, 0.25) is 0 Å². The van der Waals surface area contributed by atoms with Gasteiger partial charge in [0.15, 0.2) is 0 Å². The fourth-order valence-corrected chi connectivity index (χ4v) is 0.500. The SMILES string of the molecule is C[C](C[S])C(C)C. The van der Waals surface area contributed by atoms with E-state index in [1.54, 1.807) is 0 Å². The van der Waals surface area contributed by atoms with Crippen LogP contribution in [0.25, 0.3) is 0 Å². The average molecular weight is 116 g/mol. The highest BCUT2D eigenvalue weighted by atomic mass is 32.1. The lowest BCUT2D eigenvalue weighted by atomic mass is 10.0. The summed E-state index contributed by atoms with van der Waals surface area (Å²) in [4.78, 5) is 0. The second-order valence-electron chi connectivity index (χ2n) is 2.15. The molecule has 0 amide bonds. The minimum atomic E-state index is 0.678. The van der Waals surface area contributed by atoms with Gasteiger partial charge < -0.3 is 0 Å². The molecule has 2 radical (unpaired) electrons. The zero-order valence-corrected chi connectivity index (χ0v) is 6.01. The lowest BCUT2D eigenvalue weighted by molar-refractivity contribution is 0.675. The van der Waals surface area contributed by atoms with Crippen LogP contribution < -0.4 is 0 Å². The van der Waals surface area contributed by atoms with E-state index in [4.69, 9.17) is 12.6 Å². The van der Waals surface area contributed by atoms with E-state index in [0.29, 0.717) is 5.92 Å². The Hall–Kier alpha value is 0.350. The molecule has 7 heavy (non-hydrogen) atoms. The van der Waals surface area contributed by atoms with Crippen LogP contribution in [0.5, 0.6) is 0 Å². The van der Waals surface area contributed by atoms with Crippen LogP contribution in [0.3, 0.4) is 0 Å². The lowest BCUT2D eigenvalue weighted by Gasteiger charge is -2.08. The van der Waals surface area contributed by atoms with Crippen molar-refractivity contribution in [2.75, 3.05) is 5.75 Å². The van der Waals surface area contributed by atoms with Crippen molar-refractivity contribution in [2.24, 2.45) is 5.92 Å². The predicted molar refractivity (Wildman–Crippen MR) is 36.2 cm³/mol. The van der Waals surface area contributed by atoms with Gasteiger partial charge in [-0.05, 0) is 11.8 Å². The molecule has 0 unspecified atom stereocenters. The summed E-state index contributed by atoms with van der Waals surface area (Å²) < 4.78 is 0. The van der Waals surface area contributed by atoms with E-state index < -0.39 is 0 Å². The van der Waals surface area contributed by atoms with Crippen molar-refractivity contribution in [1.82, 2.24) is 0 Å². The molecule has 0 spiro atoms. The molecular formula is C6H12S. The van der Waals surface area contributed by atoms with E-state index in [0.717, 1.165) is 5.75 Å². The van der Waals surface area contributed by atoms with Gasteiger partial charge in [0.25, 0.3) is 0 Å². The summed E-state index contributed by atoms with van der Waals surface area (Å²) in [5.41, 5.74) is 0. The quantitative estimate of drug-likeness (QED) is 0.520. The molecule has 0 aromatic rings. The Morgan fingerprint density at radius 3 is 2.00 bits per heavy atom. The Balaban J connectivity index is 3.14. The van der Waals surface area contributed by atoms with Crippen LogP contribution >= 0.6 is 12.6 Å². The summed E-state index contributed by atoms with van der Waals surface area (Å²) in [7, 11) is 0. The van der Waals surface area contributed by atoms with Gasteiger partial charge in [-0.25, -0.2) is 0 Å². The minimum Gasteiger partial charge on any atom is -0.0935 e. The van der Waals surface area contributed by atoms with E-state index in [1.165, 1.54) is 5.92 Å². The summed E-state index contributed by atoms with van der Waals surface area (Å²) in [6, 6.07) is 0. The van der Waals surface area contributed by atoms with Gasteiger partial charge in [-0.2, -0.15) is 0 Å². The van der Waals surface area contributed by atoms with Gasteiger partial charge in [-0.15, -0.1) is 0 Å². The molecule has 0 fully saturated rings. The molecule has 0 saturated heterocycles. The molecule has 1 heteroatoms. The third kappa shape index (κ3) is 2.98. The number of hydrogen-bond donors (Lipinski definition) is 0. The number of hydrogen-bond acceptors (Lipinski definition) is 0. The first-order valence-electron chi connectivity index (χ1n) is 2.59. The maximum atomic E-state index is 4.81. The molecule has 0 rings (SSSR count). The monoisotopic (exact) mass is 116 g/mol. The highest BCUT2D eigenvalue weighted by Gasteiger charge is 2.03. The topological polar surface area (TPSA) is 0 Å². The third-order valence-electron chi connectivity index (χ3n) is 1.21. The average Bonchev–Trinajstić information content (AvgIpc) is 1.65. The first-order valence-corrected chi connectivity index (χ1v) is 3.16. The molecule has 0 aromatic carbocycles. The maximum absolute atomic E-state index is 4.81. The van der Waals surface area contributed by atoms with Gasteiger partial charge in [0.2, 0.25) is 0 Å². The highest BCUT2D eigenvalue weighted by Crippen LogP contribution is 2.12. The Kier molecular flexibility index (Phi) is 3.53. The lowest BCUT2D eigenvalue weighted by Crippen LogP contribution is -2.01. The van der Waals surface area contributed by atoms with Crippen molar-refractivity contribution in [3.05, 3.63) is 5.92 Å². The summed E-state index contributed by atoms with van der Waals surface area (Å²) in [5.74, 6) is 2.91. The molecule has 42 valence electrons. The van der Waals surface area contributed by atoms with Crippen LogP contribution in [-0.4, -0.2) is 5.75 Å². The number of rotatable bonds is 2. The second kappa shape index (κ2) is 3.36. The predicted octanol–water partition coefficient (Wildman–Crippen LogP) is 2.43. The highest BCUT2D eigenvalue weighted by molar-refractivity contribution is 7.80. The zero-order valence-electron chi connectivity index (χ0n) is 5.19. The smallest absolute Gasteiger partial charge is 0.00990 e. The molecule has 0 nitrogen and oxygen atoms in total. The van der Waals surface area contributed by atoms with Crippen molar-refractivity contribution < 1.29 is 0 Å². The van der Waals surface area contributed by atoms with E-state index in [9.17, 15) is 0 Å². The van der Waals surface area contributed by atoms with Crippen LogP contribution in [0.4, 0.5) is 0 Å². The van der Waals surface area contributed by atoms with Crippen LogP contribution in [-0.2, 0) is 0 Å². The van der Waals surface area contributed by atoms with E-state index in [-0.39, 0.29) is 0 Å². The first-order chi connectivity index (χ1) is 3.18. The van der Waals surface area contributed by atoms with E-state index >= 15 is 0 Å². The summed E-state index contributed by atoms with van der Waals surface area (Å²) in [5, 5.41) is 0. The molecular weight excluding hydrogens is 104 g/mol. The summed E-state index contributed by atoms with van der Waals surface area (Å²) >= 11 is 4.81. The molecule has 0 heterocycles. The Morgan fingerprint density at radius 1 is 1.57 bits per heavy atom. The zero-order chi connectivity index (χ0) is 5.86. The Labute approximate surface area is 51.7 Å². The fourth-order valence-electron chi connectivity index (χ4n) is 0.167. The Morgan fingerprint density at radius 2 is 2.00 bits per heavy atom. The molecule has 0 saturated carbocycles. The molecule has 0 aliphatic rings. The molecule has 0 aliphatic carbocycles. The summed E-state index contributed by atoms with van der Waals surface area (Å²) in [6.45, 7) is 6.45. The van der Waals surface area contributed by atoms with Gasteiger partial charge in [0.1, 0.15) is 0 Å². The van der Waals surface area contributed by atoms with E-state index in [1.807, 2.05) is 0 Å². The van der Waals surface area contributed by atoms with Crippen LogP contribution in [0.1, 0.15) is 20.8 Å². The van der Waals surface area contributed by atoms with Gasteiger partial charge in [-0.3, -0.25) is 0 Å². The van der Waals surface area contributed by atoms with Crippen molar-refractivity contribution in [3.8, 4) is 0 Å². The fraction of sp³-hybridized carbons (Fsp3) is 0.833. The van der Waals surface area contributed by atoms with Crippen molar-refractivity contribution in [3.63, 3.8) is 0 Å². The third-order valence-corrected chi connectivity index (χ3v) is 1.67. The molecule has 0 aromatic heterocycles. The second-order valence-corrected chi connectivity index (χ2v) is 2.43. The standard InChI is InChI=1S/C6H12S/c1-5(2)6(3)4-7/h5H,4H2,1-3H3. The normalized spacial score (nSPS) is 11.1. The van der Waals surface area contributed by atoms with Crippen molar-refractivity contribution in [1.29, 1.82) is 0 Å². The first kappa shape index (κ1) is 7.35. The van der Waals surface area contributed by atoms with E-state index in [2.05, 4.69) is 20.8 Å². The molecule has 0 bridgehead atoms. The van der Waals surface area contributed by atoms with Gasteiger partial charge in [-0.1, -0.05) is 33.4 Å². The summed E-state index contributed by atoms with van der Waals surface area (Å²) in [6.07, 6.45) is 0. The largest absolute Gasteiger partial charge is 0.0935 e. The maximum Gasteiger partial charge on any atom is 0.00990 e. The van der Waals surface area contributed by atoms with Gasteiger partial charge in [0.05, 0.1) is 0 Å². The van der Waals surface area contributed by atoms with Crippen LogP contribution in [0, 0.1) is 11.8 Å².